The van der Waals surface area contributed by atoms with Crippen LogP contribution in [0.25, 0.3) is 0 Å². The molecule has 4 rings (SSSR count). The predicted molar refractivity (Wildman–Crippen MR) is 96.0 cm³/mol. The molecule has 5 N–H and O–H groups in total. The van der Waals surface area contributed by atoms with E-state index >= 15 is 0 Å². The maximum atomic E-state index is 5.89. The summed E-state index contributed by atoms with van der Waals surface area (Å²) in [7, 11) is 2.23. The van der Waals surface area contributed by atoms with Gasteiger partial charge >= 0.3 is 0 Å². The fraction of sp³-hybridized carbons (Fsp3) is 0.471. The third kappa shape index (κ3) is 3.94. The van der Waals surface area contributed by atoms with Gasteiger partial charge in [0.1, 0.15) is 45.9 Å². The van der Waals surface area contributed by atoms with Gasteiger partial charge in [0.05, 0.1) is 7.05 Å². The molecular weight excluding hydrogens is 334 g/mol. The second-order valence-electron chi connectivity index (χ2n) is 6.80. The number of aromatic nitrogens is 3. The maximum Gasteiger partial charge on any atom is 0.232 e. The molecule has 1 aromatic carbocycles. The van der Waals surface area contributed by atoms with Gasteiger partial charge in [0.25, 0.3) is 0 Å². The van der Waals surface area contributed by atoms with Crippen LogP contribution in [0, 0.1) is 0 Å². The molecule has 0 amide bonds. The molecule has 2 aliphatic heterocycles. The van der Waals surface area contributed by atoms with Gasteiger partial charge in [-0.15, -0.1) is 0 Å². The van der Waals surface area contributed by atoms with Gasteiger partial charge in [0, 0.05) is 11.8 Å². The molecule has 0 aliphatic carbocycles. The van der Waals surface area contributed by atoms with Crippen molar-refractivity contribution in [2.45, 2.75) is 6.54 Å². The average Bonchev–Trinajstić information content (AvgIpc) is 2.63. The number of nitrogen functional groups attached to an aromatic ring is 1. The van der Waals surface area contributed by atoms with Crippen molar-refractivity contribution in [1.82, 2.24) is 15.0 Å². The fourth-order valence-electron chi connectivity index (χ4n) is 3.25. The number of benzene rings is 1. The second kappa shape index (κ2) is 7.30. The number of nitrogens with two attached hydrogens (primary N) is 1. The number of rotatable bonds is 4. The van der Waals surface area contributed by atoms with Crippen molar-refractivity contribution >= 4 is 17.6 Å². The van der Waals surface area contributed by atoms with E-state index in [4.69, 9.17) is 15.2 Å². The Balaban J connectivity index is 1.47. The Morgan fingerprint density at radius 3 is 2.62 bits per heavy atom. The molecule has 26 heavy (non-hydrogen) atoms. The van der Waals surface area contributed by atoms with Crippen LogP contribution in [0.15, 0.2) is 18.2 Å². The summed E-state index contributed by atoms with van der Waals surface area (Å²) in [5.74, 6) is 2.86. The molecule has 0 saturated carbocycles. The first kappa shape index (κ1) is 16.8. The molecule has 0 bridgehead atoms. The zero-order valence-corrected chi connectivity index (χ0v) is 14.9. The number of hydrogen-bond acceptors (Lipinski definition) is 7. The lowest BCUT2D eigenvalue weighted by molar-refractivity contribution is -1.01. The Kier molecular flexibility index (Phi) is 4.72. The summed E-state index contributed by atoms with van der Waals surface area (Å²) in [5, 5.41) is 3.19. The lowest BCUT2D eigenvalue weighted by atomic mass is 10.2. The van der Waals surface area contributed by atoms with E-state index in [2.05, 4.69) is 27.3 Å². The van der Waals surface area contributed by atoms with Gasteiger partial charge in [-0.2, -0.15) is 15.0 Å². The Hall–Kier alpha value is -2.65. The Morgan fingerprint density at radius 2 is 1.81 bits per heavy atom. The summed E-state index contributed by atoms with van der Waals surface area (Å²) >= 11 is 0. The molecule has 9 nitrogen and oxygen atoms in total. The summed E-state index contributed by atoms with van der Waals surface area (Å²) in [5.41, 5.74) is 6.71. The number of nitrogens with zero attached hydrogens (tertiary/aromatic N) is 3. The zero-order chi connectivity index (χ0) is 17.9. The molecule has 1 aromatic heterocycles. The standard InChI is InChI=1S/C17H23N7O2/c1-23-4-6-24(7-5-23)11-15-20-16(18)22-17(21-15)19-12-2-3-13-14(10-12)26-9-8-25-13/h2-3,10H,4-9,11H2,1H3,(H3,18,19,20,21,22)/p+2. The molecule has 0 atom stereocenters. The van der Waals surface area contributed by atoms with E-state index in [1.54, 1.807) is 4.90 Å². The van der Waals surface area contributed by atoms with Crippen LogP contribution < -0.4 is 30.3 Å². The van der Waals surface area contributed by atoms with Crippen LogP contribution >= 0.6 is 0 Å². The summed E-state index contributed by atoms with van der Waals surface area (Å²) in [4.78, 5) is 16.1. The Bertz CT molecular complexity index is 778. The summed E-state index contributed by atoms with van der Waals surface area (Å²) in [6, 6.07) is 5.66. The third-order valence-corrected chi connectivity index (χ3v) is 4.72. The molecular formula is C17H25N7O2+2. The molecule has 9 heteroatoms. The van der Waals surface area contributed by atoms with E-state index in [1.807, 2.05) is 18.2 Å². The van der Waals surface area contributed by atoms with Crippen molar-refractivity contribution < 1.29 is 19.3 Å². The molecule has 1 fully saturated rings. The van der Waals surface area contributed by atoms with Gasteiger partial charge < -0.3 is 30.3 Å². The summed E-state index contributed by atoms with van der Waals surface area (Å²) in [6.45, 7) is 6.44. The highest BCUT2D eigenvalue weighted by molar-refractivity contribution is 5.60. The van der Waals surface area contributed by atoms with Gasteiger partial charge in [-0.1, -0.05) is 0 Å². The number of ether oxygens (including phenoxy) is 2. The number of nitrogens with one attached hydrogen (secondary N) is 3. The normalized spacial score (nSPS) is 22.0. The zero-order valence-electron chi connectivity index (χ0n) is 14.9. The van der Waals surface area contributed by atoms with Gasteiger partial charge in [0.15, 0.2) is 17.3 Å². The number of fused-ring (bicyclic) bond motifs is 1. The smallest absolute Gasteiger partial charge is 0.232 e. The topological polar surface area (TPSA) is 104 Å². The minimum absolute atomic E-state index is 0.231. The van der Waals surface area contributed by atoms with Crippen molar-refractivity contribution in [2.75, 3.05) is 57.5 Å². The van der Waals surface area contributed by atoms with Crippen molar-refractivity contribution in [3.8, 4) is 11.5 Å². The van der Waals surface area contributed by atoms with Crippen LogP contribution in [0.5, 0.6) is 11.5 Å². The minimum Gasteiger partial charge on any atom is -0.486 e. The molecule has 0 radical (unpaired) electrons. The number of piperazine rings is 1. The second-order valence-corrected chi connectivity index (χ2v) is 6.80. The summed E-state index contributed by atoms with van der Waals surface area (Å²) < 4.78 is 11.2. The highest BCUT2D eigenvalue weighted by Crippen LogP contribution is 2.33. The van der Waals surface area contributed by atoms with Crippen LogP contribution in [0.4, 0.5) is 17.6 Å². The highest BCUT2D eigenvalue weighted by atomic mass is 16.6. The third-order valence-electron chi connectivity index (χ3n) is 4.72. The van der Waals surface area contributed by atoms with E-state index in [0.717, 1.165) is 44.2 Å². The van der Waals surface area contributed by atoms with E-state index in [1.165, 1.54) is 4.90 Å². The number of quaternary nitrogens is 2. The first-order valence-electron chi connectivity index (χ1n) is 8.98. The van der Waals surface area contributed by atoms with Crippen molar-refractivity contribution in [3.63, 3.8) is 0 Å². The SMILES string of the molecule is C[NH+]1CC[NH+](Cc2nc(N)nc(Nc3ccc4c(c3)OCCO4)n2)CC1. The molecule has 2 aromatic rings. The fourth-order valence-corrected chi connectivity index (χ4v) is 3.25. The lowest BCUT2D eigenvalue weighted by Crippen LogP contribution is -3.26. The largest absolute Gasteiger partial charge is 0.486 e. The van der Waals surface area contributed by atoms with Crippen LogP contribution in [0.1, 0.15) is 5.82 Å². The van der Waals surface area contributed by atoms with E-state index in [0.29, 0.717) is 30.7 Å². The first-order valence-corrected chi connectivity index (χ1v) is 8.98. The van der Waals surface area contributed by atoms with E-state index < -0.39 is 0 Å². The van der Waals surface area contributed by atoms with Gasteiger partial charge in [-0.25, -0.2) is 0 Å². The Labute approximate surface area is 152 Å². The lowest BCUT2D eigenvalue weighted by Gasteiger charge is -2.26. The van der Waals surface area contributed by atoms with Gasteiger partial charge in [0.2, 0.25) is 11.9 Å². The molecule has 1 saturated heterocycles. The van der Waals surface area contributed by atoms with Crippen LogP contribution in [0.3, 0.4) is 0 Å². The van der Waals surface area contributed by atoms with Crippen molar-refractivity contribution in [2.24, 2.45) is 0 Å². The van der Waals surface area contributed by atoms with E-state index in [-0.39, 0.29) is 5.95 Å². The number of hydrogen-bond donors (Lipinski definition) is 4. The van der Waals surface area contributed by atoms with Gasteiger partial charge in [-0.05, 0) is 12.1 Å². The average molecular weight is 359 g/mol. The van der Waals surface area contributed by atoms with Crippen LogP contribution in [-0.4, -0.2) is 61.4 Å². The maximum absolute atomic E-state index is 5.89. The highest BCUT2D eigenvalue weighted by Gasteiger charge is 2.21. The molecule has 0 unspecified atom stereocenters. The Morgan fingerprint density at radius 1 is 1.04 bits per heavy atom. The van der Waals surface area contributed by atoms with Gasteiger partial charge in [-0.3, -0.25) is 0 Å². The first-order chi connectivity index (χ1) is 12.7. The van der Waals surface area contributed by atoms with E-state index in [9.17, 15) is 0 Å². The number of likely N-dealkylation sites (N-methyl/N-ethyl adjacent to an activating group) is 1. The summed E-state index contributed by atoms with van der Waals surface area (Å²) in [6.07, 6.45) is 0. The van der Waals surface area contributed by atoms with Crippen LogP contribution in [-0.2, 0) is 6.54 Å². The van der Waals surface area contributed by atoms with Crippen molar-refractivity contribution in [1.29, 1.82) is 0 Å². The monoisotopic (exact) mass is 359 g/mol. The minimum atomic E-state index is 0.231. The molecule has 0 spiro atoms. The number of anilines is 3. The van der Waals surface area contributed by atoms with Crippen LogP contribution in [0.2, 0.25) is 0 Å². The molecule has 2 aliphatic rings. The molecule has 138 valence electrons. The molecule has 3 heterocycles. The van der Waals surface area contributed by atoms with Crippen molar-refractivity contribution in [3.05, 3.63) is 24.0 Å². The predicted octanol–water partition coefficient (Wildman–Crippen LogP) is -2.12. The quantitative estimate of drug-likeness (QED) is 0.495.